The Hall–Kier alpha value is -2.12. The number of furan rings is 1. The molecule has 1 aliphatic rings. The quantitative estimate of drug-likeness (QED) is 0.720. The third kappa shape index (κ3) is 3.08. The molecule has 0 saturated heterocycles. The number of sulfonamides is 1. The number of fused-ring (bicyclic) bond motifs is 1. The smallest absolute Gasteiger partial charge is 0.243 e. The molecule has 4 rings (SSSR count). The molecule has 0 fully saturated rings. The van der Waals surface area contributed by atoms with E-state index in [4.69, 9.17) is 16.0 Å². The van der Waals surface area contributed by atoms with Crippen molar-refractivity contribution in [3.05, 3.63) is 77.0 Å². The normalized spacial score (nSPS) is 21.7. The molecule has 0 spiro atoms. The Kier molecular flexibility index (Phi) is 4.60. The minimum absolute atomic E-state index is 0.146. The van der Waals surface area contributed by atoms with E-state index in [9.17, 15) is 13.5 Å². The molecule has 0 radical (unpaired) electrons. The highest BCUT2D eigenvalue weighted by Gasteiger charge is 2.41. The van der Waals surface area contributed by atoms with Crippen LogP contribution in [0.15, 0.2) is 70.0 Å². The molecule has 1 aliphatic heterocycles. The highest BCUT2D eigenvalue weighted by Crippen LogP contribution is 2.37. The average molecular weight is 404 g/mol. The molecule has 2 heterocycles. The van der Waals surface area contributed by atoms with Crippen LogP contribution in [0.3, 0.4) is 0 Å². The Labute approximate surface area is 162 Å². The molecule has 1 N–H and O–H groups in total. The summed E-state index contributed by atoms with van der Waals surface area (Å²) in [5.41, 5.74) is 1.18. The Morgan fingerprint density at radius 3 is 2.56 bits per heavy atom. The predicted molar refractivity (Wildman–Crippen MR) is 103 cm³/mol. The number of rotatable bonds is 3. The van der Waals surface area contributed by atoms with Gasteiger partial charge in [0.2, 0.25) is 10.0 Å². The second-order valence-corrected chi connectivity index (χ2v) is 8.89. The molecule has 2 unspecified atom stereocenters. The Morgan fingerprint density at radius 2 is 1.78 bits per heavy atom. The second-order valence-electron chi connectivity index (χ2n) is 6.52. The fourth-order valence-electron chi connectivity index (χ4n) is 3.44. The van der Waals surface area contributed by atoms with Crippen molar-refractivity contribution in [3.8, 4) is 11.3 Å². The van der Waals surface area contributed by atoms with Crippen LogP contribution in [0.25, 0.3) is 11.3 Å². The number of benzene rings is 2. The van der Waals surface area contributed by atoms with Crippen LogP contribution in [0.2, 0.25) is 5.02 Å². The van der Waals surface area contributed by atoms with Gasteiger partial charge in [-0.15, -0.1) is 0 Å². The van der Waals surface area contributed by atoms with Crippen molar-refractivity contribution in [2.75, 3.05) is 7.05 Å². The van der Waals surface area contributed by atoms with Gasteiger partial charge in [-0.3, -0.25) is 0 Å². The van der Waals surface area contributed by atoms with Crippen LogP contribution in [0.1, 0.15) is 17.4 Å². The minimum atomic E-state index is -3.66. The van der Waals surface area contributed by atoms with Crippen LogP contribution in [0, 0.1) is 0 Å². The maximum absolute atomic E-state index is 12.8. The van der Waals surface area contributed by atoms with Gasteiger partial charge < -0.3 is 9.52 Å². The topological polar surface area (TPSA) is 70.8 Å². The van der Waals surface area contributed by atoms with Gasteiger partial charge >= 0.3 is 0 Å². The molecule has 0 aliphatic carbocycles. The molecule has 3 aromatic rings. The van der Waals surface area contributed by atoms with Gasteiger partial charge in [0.1, 0.15) is 11.5 Å². The lowest BCUT2D eigenvalue weighted by atomic mass is 9.98. The third-order valence-electron chi connectivity index (χ3n) is 4.94. The summed E-state index contributed by atoms with van der Waals surface area (Å²) < 4.78 is 32.7. The van der Waals surface area contributed by atoms with Crippen molar-refractivity contribution in [2.45, 2.75) is 23.5 Å². The van der Waals surface area contributed by atoms with Gasteiger partial charge in [0, 0.05) is 24.6 Å². The molecule has 5 nitrogen and oxygen atoms in total. The Balaban J connectivity index is 1.67. The second kappa shape index (κ2) is 6.80. The van der Waals surface area contributed by atoms with E-state index in [0.717, 1.165) is 5.56 Å². The number of likely N-dealkylation sites (N-methyl/N-ethyl adjacent to an activating group) is 1. The molecule has 27 heavy (non-hydrogen) atoms. The first-order valence-electron chi connectivity index (χ1n) is 8.48. The van der Waals surface area contributed by atoms with Crippen molar-refractivity contribution < 1.29 is 17.9 Å². The van der Waals surface area contributed by atoms with E-state index >= 15 is 0 Å². The number of hydrogen-bond acceptors (Lipinski definition) is 4. The van der Waals surface area contributed by atoms with Crippen LogP contribution in [-0.4, -0.2) is 30.9 Å². The molecule has 0 bridgehead atoms. The average Bonchev–Trinajstić information content (AvgIpc) is 3.13. The van der Waals surface area contributed by atoms with E-state index in [1.165, 1.54) is 17.4 Å². The van der Waals surface area contributed by atoms with Crippen LogP contribution >= 0.6 is 11.6 Å². The summed E-state index contributed by atoms with van der Waals surface area (Å²) in [6.07, 6.45) is -0.695. The monoisotopic (exact) mass is 403 g/mol. The third-order valence-corrected chi connectivity index (χ3v) is 7.22. The van der Waals surface area contributed by atoms with Gasteiger partial charge in [0.15, 0.2) is 0 Å². The largest absolute Gasteiger partial charge is 0.461 e. The van der Waals surface area contributed by atoms with Crippen molar-refractivity contribution >= 4 is 21.6 Å². The molecule has 0 saturated carbocycles. The van der Waals surface area contributed by atoms with Gasteiger partial charge in [-0.1, -0.05) is 41.9 Å². The zero-order valence-electron chi connectivity index (χ0n) is 14.5. The first-order valence-corrected chi connectivity index (χ1v) is 10.3. The Bertz CT molecular complexity index is 1090. The number of nitrogens with zero attached hydrogens (tertiary/aromatic N) is 1. The van der Waals surface area contributed by atoms with Crippen LogP contribution in [-0.2, 0) is 16.4 Å². The van der Waals surface area contributed by atoms with Crippen molar-refractivity contribution in [3.63, 3.8) is 0 Å². The molecule has 140 valence electrons. The summed E-state index contributed by atoms with van der Waals surface area (Å²) in [5, 5.41) is 11.4. The summed E-state index contributed by atoms with van der Waals surface area (Å²) in [5.74, 6) is 1.18. The van der Waals surface area contributed by atoms with Crippen molar-refractivity contribution in [1.82, 2.24) is 4.31 Å². The molecular weight excluding hydrogens is 386 g/mol. The van der Waals surface area contributed by atoms with Crippen molar-refractivity contribution in [1.29, 1.82) is 0 Å². The standard InChI is InChI=1S/C20H18ClNO4S/c1-22-17(20(23)15-7-3-5-9-19(15)27(22,24)25)12-13-10-11-18(26-13)14-6-2-4-8-16(14)21/h2-11,17,20,23H,12H2,1H3. The highest BCUT2D eigenvalue weighted by molar-refractivity contribution is 7.89. The number of aliphatic hydroxyl groups excluding tert-OH is 1. The van der Waals surface area contributed by atoms with Crippen LogP contribution in [0.4, 0.5) is 0 Å². The first-order chi connectivity index (χ1) is 12.9. The zero-order chi connectivity index (χ0) is 19.2. The van der Waals surface area contributed by atoms with E-state index in [1.807, 2.05) is 18.2 Å². The fourth-order valence-corrected chi connectivity index (χ4v) is 5.26. The highest BCUT2D eigenvalue weighted by atomic mass is 35.5. The predicted octanol–water partition coefficient (Wildman–Crippen LogP) is 3.88. The Morgan fingerprint density at radius 1 is 1.07 bits per heavy atom. The summed E-state index contributed by atoms with van der Waals surface area (Å²) >= 11 is 6.21. The molecule has 7 heteroatoms. The van der Waals surface area contributed by atoms with Gasteiger partial charge in [0.25, 0.3) is 0 Å². The van der Waals surface area contributed by atoms with Crippen molar-refractivity contribution in [2.24, 2.45) is 0 Å². The number of hydrogen-bond donors (Lipinski definition) is 1. The summed E-state index contributed by atoms with van der Waals surface area (Å²) in [4.78, 5) is 0.146. The number of aliphatic hydroxyl groups is 1. The molecule has 2 aromatic carbocycles. The first kappa shape index (κ1) is 18.3. The van der Waals surface area contributed by atoms with Crippen LogP contribution < -0.4 is 0 Å². The van der Waals surface area contributed by atoms with E-state index in [-0.39, 0.29) is 11.3 Å². The minimum Gasteiger partial charge on any atom is -0.461 e. The lowest BCUT2D eigenvalue weighted by Gasteiger charge is -2.36. The van der Waals surface area contributed by atoms with E-state index < -0.39 is 22.2 Å². The van der Waals surface area contributed by atoms with E-state index in [1.54, 1.807) is 36.4 Å². The fraction of sp³-hybridized carbons (Fsp3) is 0.200. The maximum Gasteiger partial charge on any atom is 0.243 e. The van der Waals surface area contributed by atoms with Gasteiger partial charge in [0.05, 0.1) is 22.1 Å². The summed E-state index contributed by atoms with van der Waals surface area (Å²) in [6, 6.07) is 16.8. The molecule has 0 amide bonds. The number of halogens is 1. The molecular formula is C20H18ClNO4S. The van der Waals surface area contributed by atoms with Crippen LogP contribution in [0.5, 0.6) is 0 Å². The molecule has 1 aromatic heterocycles. The van der Waals surface area contributed by atoms with Gasteiger partial charge in [-0.25, -0.2) is 8.42 Å². The summed E-state index contributed by atoms with van der Waals surface area (Å²) in [6.45, 7) is 0. The van der Waals surface area contributed by atoms with Gasteiger partial charge in [-0.2, -0.15) is 4.31 Å². The zero-order valence-corrected chi connectivity index (χ0v) is 16.1. The molecule has 2 atom stereocenters. The maximum atomic E-state index is 12.8. The summed E-state index contributed by atoms with van der Waals surface area (Å²) in [7, 11) is -2.18. The SMILES string of the molecule is CN1C(Cc2ccc(-c3ccccc3Cl)o2)C(O)c2ccccc2S1(=O)=O. The lowest BCUT2D eigenvalue weighted by Crippen LogP contribution is -2.46. The van der Waals surface area contributed by atoms with E-state index in [2.05, 4.69) is 0 Å². The van der Waals surface area contributed by atoms with E-state index in [0.29, 0.717) is 22.1 Å². The lowest BCUT2D eigenvalue weighted by molar-refractivity contribution is 0.0864. The van der Waals surface area contributed by atoms with Gasteiger partial charge in [-0.05, 0) is 30.3 Å².